The standard InChI is InChI=1S/C23H32N2O6S2/c1-5-25(6-2)33(29,30)22-13-9-19(10-14-22)18(3)24-23(26)8-7-17-31-20-11-15-21(16-12-20)32(4,27)28/h9-16,18H,5-8,17H2,1-4H3,(H,24,26). The van der Waals surface area contributed by atoms with Crippen LogP contribution in [0.1, 0.15) is 45.2 Å². The van der Waals surface area contributed by atoms with Crippen molar-refractivity contribution in [2.75, 3.05) is 26.0 Å². The number of nitrogens with one attached hydrogen (secondary N) is 1. The van der Waals surface area contributed by atoms with Crippen LogP contribution in [0.25, 0.3) is 0 Å². The van der Waals surface area contributed by atoms with Gasteiger partial charge in [0.2, 0.25) is 15.9 Å². The van der Waals surface area contributed by atoms with Crippen LogP contribution in [0.2, 0.25) is 0 Å². The molecule has 1 unspecified atom stereocenters. The lowest BCUT2D eigenvalue weighted by Crippen LogP contribution is -2.30. The van der Waals surface area contributed by atoms with Crippen LogP contribution >= 0.6 is 0 Å². The number of rotatable bonds is 12. The molecule has 2 rings (SSSR count). The number of carbonyl (C=O) groups is 1. The number of ether oxygens (including phenoxy) is 1. The first-order chi connectivity index (χ1) is 15.5. The van der Waals surface area contributed by atoms with E-state index in [2.05, 4.69) is 5.32 Å². The summed E-state index contributed by atoms with van der Waals surface area (Å²) in [6, 6.07) is 12.4. The molecule has 0 aliphatic carbocycles. The Bertz CT molecular complexity index is 1120. The zero-order chi connectivity index (χ0) is 24.6. The van der Waals surface area contributed by atoms with Gasteiger partial charge in [0.25, 0.3) is 0 Å². The number of hydrogen-bond donors (Lipinski definition) is 1. The molecular formula is C23H32N2O6S2. The predicted octanol–water partition coefficient (Wildman–Crippen LogP) is 3.16. The molecule has 10 heteroatoms. The normalized spacial score (nSPS) is 13.0. The van der Waals surface area contributed by atoms with Crippen molar-refractivity contribution in [3.8, 4) is 5.75 Å². The topological polar surface area (TPSA) is 110 Å². The second-order valence-electron chi connectivity index (χ2n) is 7.64. The van der Waals surface area contributed by atoms with Crippen LogP contribution in [0.4, 0.5) is 0 Å². The summed E-state index contributed by atoms with van der Waals surface area (Å²) in [5, 5.41) is 2.90. The Morgan fingerprint density at radius 1 is 0.939 bits per heavy atom. The smallest absolute Gasteiger partial charge is 0.243 e. The van der Waals surface area contributed by atoms with Crippen molar-refractivity contribution in [1.82, 2.24) is 9.62 Å². The van der Waals surface area contributed by atoms with Gasteiger partial charge in [-0.3, -0.25) is 4.79 Å². The first-order valence-corrected chi connectivity index (χ1v) is 14.1. The molecule has 2 aromatic rings. The third-order valence-corrected chi connectivity index (χ3v) is 8.36. The zero-order valence-corrected chi connectivity index (χ0v) is 21.1. The second-order valence-corrected chi connectivity index (χ2v) is 11.6. The number of benzene rings is 2. The molecule has 0 aliphatic rings. The third-order valence-electron chi connectivity index (χ3n) is 5.17. The summed E-state index contributed by atoms with van der Waals surface area (Å²) < 4.78 is 55.1. The lowest BCUT2D eigenvalue weighted by Gasteiger charge is -2.19. The lowest BCUT2D eigenvalue weighted by atomic mass is 10.1. The molecule has 8 nitrogen and oxygen atoms in total. The maximum atomic E-state index is 12.6. The monoisotopic (exact) mass is 496 g/mol. The van der Waals surface area contributed by atoms with E-state index in [4.69, 9.17) is 4.74 Å². The van der Waals surface area contributed by atoms with E-state index < -0.39 is 19.9 Å². The number of hydrogen-bond acceptors (Lipinski definition) is 6. The second kappa shape index (κ2) is 11.6. The van der Waals surface area contributed by atoms with Gasteiger partial charge < -0.3 is 10.1 Å². The Balaban J connectivity index is 1.82. The van der Waals surface area contributed by atoms with Crippen LogP contribution in [-0.4, -0.2) is 53.0 Å². The number of carbonyl (C=O) groups excluding carboxylic acids is 1. The molecule has 0 aliphatic heterocycles. The largest absolute Gasteiger partial charge is 0.494 e. The average molecular weight is 497 g/mol. The highest BCUT2D eigenvalue weighted by Gasteiger charge is 2.21. The van der Waals surface area contributed by atoms with E-state index in [9.17, 15) is 21.6 Å². The Kier molecular flexibility index (Phi) is 9.45. The van der Waals surface area contributed by atoms with Crippen molar-refractivity contribution in [2.24, 2.45) is 0 Å². The molecule has 0 aromatic heterocycles. The van der Waals surface area contributed by atoms with Gasteiger partial charge in [0.05, 0.1) is 22.4 Å². The van der Waals surface area contributed by atoms with Gasteiger partial charge in [-0.25, -0.2) is 16.8 Å². The van der Waals surface area contributed by atoms with E-state index in [1.54, 1.807) is 50.2 Å². The Morgan fingerprint density at radius 2 is 1.48 bits per heavy atom. The molecule has 1 N–H and O–H groups in total. The van der Waals surface area contributed by atoms with E-state index in [0.717, 1.165) is 11.8 Å². The zero-order valence-electron chi connectivity index (χ0n) is 19.4. The summed E-state index contributed by atoms with van der Waals surface area (Å²) in [6.45, 7) is 6.56. The molecule has 33 heavy (non-hydrogen) atoms. The van der Waals surface area contributed by atoms with Crippen molar-refractivity contribution in [3.05, 3.63) is 54.1 Å². The number of sulfonamides is 1. The fourth-order valence-corrected chi connectivity index (χ4v) is 5.33. The Morgan fingerprint density at radius 3 is 2.00 bits per heavy atom. The van der Waals surface area contributed by atoms with Crippen molar-refractivity contribution in [1.29, 1.82) is 0 Å². The van der Waals surface area contributed by atoms with E-state index >= 15 is 0 Å². The summed E-state index contributed by atoms with van der Waals surface area (Å²) >= 11 is 0. The van der Waals surface area contributed by atoms with E-state index in [0.29, 0.717) is 31.9 Å². The van der Waals surface area contributed by atoms with E-state index in [1.165, 1.54) is 16.4 Å². The molecule has 1 atom stereocenters. The molecule has 0 saturated heterocycles. The maximum Gasteiger partial charge on any atom is 0.243 e. The first-order valence-electron chi connectivity index (χ1n) is 10.8. The first kappa shape index (κ1) is 26.8. The Hall–Kier alpha value is -2.43. The molecular weight excluding hydrogens is 464 g/mol. The van der Waals surface area contributed by atoms with Crippen molar-refractivity contribution < 1.29 is 26.4 Å². The quantitative estimate of drug-likeness (QED) is 0.452. The predicted molar refractivity (Wildman–Crippen MR) is 127 cm³/mol. The average Bonchev–Trinajstić information content (AvgIpc) is 2.77. The fourth-order valence-electron chi connectivity index (χ4n) is 3.24. The minimum Gasteiger partial charge on any atom is -0.494 e. The number of amides is 1. The number of sulfone groups is 1. The highest BCUT2D eigenvalue weighted by Crippen LogP contribution is 2.20. The van der Waals surface area contributed by atoms with Crippen LogP contribution in [0.5, 0.6) is 5.75 Å². The molecule has 0 saturated carbocycles. The van der Waals surface area contributed by atoms with Gasteiger partial charge in [-0.15, -0.1) is 0 Å². The van der Waals surface area contributed by atoms with Crippen LogP contribution in [0.3, 0.4) is 0 Å². The summed E-state index contributed by atoms with van der Waals surface area (Å²) in [7, 11) is -6.76. The van der Waals surface area contributed by atoms with E-state index in [-0.39, 0.29) is 28.2 Å². The molecule has 0 heterocycles. The molecule has 182 valence electrons. The van der Waals surface area contributed by atoms with Crippen molar-refractivity contribution >= 4 is 25.8 Å². The lowest BCUT2D eigenvalue weighted by molar-refractivity contribution is -0.121. The minimum absolute atomic E-state index is 0.140. The fraction of sp³-hybridized carbons (Fsp3) is 0.435. The minimum atomic E-state index is -3.51. The molecule has 1 amide bonds. The maximum absolute atomic E-state index is 12.6. The van der Waals surface area contributed by atoms with Crippen LogP contribution < -0.4 is 10.1 Å². The van der Waals surface area contributed by atoms with Gasteiger partial charge in [-0.2, -0.15) is 4.31 Å². The molecule has 0 spiro atoms. The highest BCUT2D eigenvalue weighted by molar-refractivity contribution is 7.90. The van der Waals surface area contributed by atoms with Crippen LogP contribution in [0, 0.1) is 0 Å². The summed E-state index contributed by atoms with van der Waals surface area (Å²) in [6.07, 6.45) is 1.90. The molecule has 0 radical (unpaired) electrons. The van der Waals surface area contributed by atoms with Gasteiger partial charge in [-0.1, -0.05) is 26.0 Å². The molecule has 0 fully saturated rings. The summed E-state index contributed by atoms with van der Waals surface area (Å²) in [5.74, 6) is 0.397. The van der Waals surface area contributed by atoms with Crippen LogP contribution in [0.15, 0.2) is 58.3 Å². The van der Waals surface area contributed by atoms with Gasteiger partial charge in [0.15, 0.2) is 9.84 Å². The third kappa shape index (κ3) is 7.55. The highest BCUT2D eigenvalue weighted by atomic mass is 32.2. The van der Waals surface area contributed by atoms with E-state index in [1.807, 2.05) is 6.92 Å². The van der Waals surface area contributed by atoms with Gasteiger partial charge >= 0.3 is 0 Å². The molecule has 2 aromatic carbocycles. The van der Waals surface area contributed by atoms with Gasteiger partial charge in [0.1, 0.15) is 5.75 Å². The van der Waals surface area contributed by atoms with Crippen LogP contribution in [-0.2, 0) is 24.7 Å². The van der Waals surface area contributed by atoms with Crippen molar-refractivity contribution in [3.63, 3.8) is 0 Å². The van der Waals surface area contributed by atoms with Gasteiger partial charge in [0, 0.05) is 25.8 Å². The SMILES string of the molecule is CCN(CC)S(=O)(=O)c1ccc(C(C)NC(=O)CCCOc2ccc(S(C)(=O)=O)cc2)cc1. The number of nitrogens with zero attached hydrogens (tertiary/aromatic N) is 1. The van der Waals surface area contributed by atoms with Crippen molar-refractivity contribution in [2.45, 2.75) is 49.4 Å². The summed E-state index contributed by atoms with van der Waals surface area (Å²) in [5.41, 5.74) is 0.809. The molecule has 0 bridgehead atoms. The van der Waals surface area contributed by atoms with Gasteiger partial charge in [-0.05, 0) is 55.3 Å². The summed E-state index contributed by atoms with van der Waals surface area (Å²) in [4.78, 5) is 12.7. The Labute approximate surface area is 196 Å².